The monoisotopic (exact) mass is 381 g/mol. The number of nitrogens with one attached hydrogen (secondary N) is 1. The van der Waals surface area contributed by atoms with Gasteiger partial charge in [0.2, 0.25) is 5.91 Å². The first-order chi connectivity index (χ1) is 11.7. The molecule has 0 unspecified atom stereocenters. The van der Waals surface area contributed by atoms with Gasteiger partial charge in [0, 0.05) is 5.02 Å². The third-order valence-corrected chi connectivity index (χ3v) is 5.44. The topological polar surface area (TPSA) is 89.5 Å². The molecule has 0 saturated carbocycles. The highest BCUT2D eigenvalue weighted by atomic mass is 35.5. The van der Waals surface area contributed by atoms with Crippen molar-refractivity contribution < 1.29 is 22.7 Å². The number of esters is 1. The fourth-order valence-electron chi connectivity index (χ4n) is 2.13. The Morgan fingerprint density at radius 3 is 2.40 bits per heavy atom. The first kappa shape index (κ1) is 19.0. The number of halogens is 1. The molecule has 0 spiro atoms. The third kappa shape index (κ3) is 4.58. The summed E-state index contributed by atoms with van der Waals surface area (Å²) in [5.41, 5.74) is 0.808. The molecule has 0 aromatic heterocycles. The minimum Gasteiger partial charge on any atom is -0.465 e. The van der Waals surface area contributed by atoms with Crippen LogP contribution in [0.1, 0.15) is 15.9 Å². The molecule has 0 aliphatic heterocycles. The molecule has 0 bridgehead atoms. The maximum Gasteiger partial charge on any atom is 0.339 e. The van der Waals surface area contributed by atoms with E-state index in [1.54, 1.807) is 25.1 Å². The molecule has 0 atom stereocenters. The zero-order chi connectivity index (χ0) is 18.6. The average Bonchev–Trinajstić information content (AvgIpc) is 2.57. The van der Waals surface area contributed by atoms with Crippen molar-refractivity contribution in [1.82, 2.24) is 0 Å². The second-order valence-corrected chi connectivity index (χ2v) is 7.66. The summed E-state index contributed by atoms with van der Waals surface area (Å²) in [4.78, 5) is 24.1. The van der Waals surface area contributed by atoms with Crippen LogP contribution in [0.15, 0.2) is 47.4 Å². The standard InChI is InChI=1S/C17H16ClNO5S/c1-11-8-13(17(21)24-2)15(9-14(11)18)19-16(20)10-25(22,23)12-6-4-3-5-7-12/h3-9H,10H2,1-2H3,(H,19,20). The Morgan fingerprint density at radius 1 is 1.16 bits per heavy atom. The van der Waals surface area contributed by atoms with Gasteiger partial charge in [0.1, 0.15) is 5.75 Å². The van der Waals surface area contributed by atoms with Crippen LogP contribution in [0.5, 0.6) is 0 Å². The molecular weight excluding hydrogens is 366 g/mol. The molecule has 0 fully saturated rings. The van der Waals surface area contributed by atoms with Crippen molar-refractivity contribution in [3.63, 3.8) is 0 Å². The summed E-state index contributed by atoms with van der Waals surface area (Å²) in [6.07, 6.45) is 0. The Balaban J connectivity index is 2.26. The highest BCUT2D eigenvalue weighted by Crippen LogP contribution is 2.26. The average molecular weight is 382 g/mol. The summed E-state index contributed by atoms with van der Waals surface area (Å²) >= 11 is 6.02. The van der Waals surface area contributed by atoms with E-state index in [1.165, 1.54) is 31.4 Å². The van der Waals surface area contributed by atoms with Gasteiger partial charge in [-0.15, -0.1) is 0 Å². The van der Waals surface area contributed by atoms with Crippen LogP contribution in [-0.2, 0) is 19.4 Å². The lowest BCUT2D eigenvalue weighted by molar-refractivity contribution is -0.113. The van der Waals surface area contributed by atoms with Crippen LogP contribution in [0.4, 0.5) is 5.69 Å². The van der Waals surface area contributed by atoms with Gasteiger partial charge in [-0.25, -0.2) is 13.2 Å². The van der Waals surface area contributed by atoms with Gasteiger partial charge in [0.05, 0.1) is 23.3 Å². The Bertz CT molecular complexity index is 910. The van der Waals surface area contributed by atoms with Crippen molar-refractivity contribution >= 4 is 39.0 Å². The van der Waals surface area contributed by atoms with Gasteiger partial charge < -0.3 is 10.1 Å². The van der Waals surface area contributed by atoms with Crippen LogP contribution in [-0.4, -0.2) is 33.2 Å². The van der Waals surface area contributed by atoms with Gasteiger partial charge in [0.25, 0.3) is 0 Å². The van der Waals surface area contributed by atoms with E-state index in [-0.39, 0.29) is 16.1 Å². The molecule has 2 aromatic rings. The number of benzene rings is 2. The zero-order valence-corrected chi connectivity index (χ0v) is 15.1. The fourth-order valence-corrected chi connectivity index (χ4v) is 3.45. The number of carbonyl (C=O) groups excluding carboxylic acids is 2. The van der Waals surface area contributed by atoms with Gasteiger partial charge >= 0.3 is 5.97 Å². The van der Waals surface area contributed by atoms with E-state index in [0.29, 0.717) is 10.6 Å². The number of hydrogen-bond acceptors (Lipinski definition) is 5. The van der Waals surface area contributed by atoms with Gasteiger partial charge in [0.15, 0.2) is 9.84 Å². The van der Waals surface area contributed by atoms with Crippen LogP contribution in [0.3, 0.4) is 0 Å². The predicted molar refractivity (Wildman–Crippen MR) is 94.7 cm³/mol. The molecule has 2 rings (SSSR count). The van der Waals surface area contributed by atoms with Crippen molar-refractivity contribution in [3.8, 4) is 0 Å². The minimum atomic E-state index is -3.80. The summed E-state index contributed by atoms with van der Waals surface area (Å²) in [6, 6.07) is 10.5. The smallest absolute Gasteiger partial charge is 0.339 e. The lowest BCUT2D eigenvalue weighted by atomic mass is 10.1. The van der Waals surface area contributed by atoms with Crippen LogP contribution in [0.25, 0.3) is 0 Å². The number of ether oxygens (including phenoxy) is 1. The van der Waals surface area contributed by atoms with Gasteiger partial charge in [-0.05, 0) is 36.8 Å². The molecule has 1 N–H and O–H groups in total. The maximum atomic E-state index is 12.3. The summed E-state index contributed by atoms with van der Waals surface area (Å²) in [5.74, 6) is -2.21. The van der Waals surface area contributed by atoms with Crippen molar-refractivity contribution in [2.24, 2.45) is 0 Å². The van der Waals surface area contributed by atoms with Crippen molar-refractivity contribution in [2.75, 3.05) is 18.2 Å². The van der Waals surface area contributed by atoms with Gasteiger partial charge in [-0.3, -0.25) is 4.79 Å². The van der Waals surface area contributed by atoms with E-state index < -0.39 is 27.5 Å². The molecule has 0 heterocycles. The zero-order valence-electron chi connectivity index (χ0n) is 13.6. The van der Waals surface area contributed by atoms with Crippen molar-refractivity contribution in [1.29, 1.82) is 0 Å². The second-order valence-electron chi connectivity index (χ2n) is 5.26. The molecule has 1 amide bonds. The van der Waals surface area contributed by atoms with Crippen LogP contribution in [0.2, 0.25) is 5.02 Å². The van der Waals surface area contributed by atoms with E-state index in [9.17, 15) is 18.0 Å². The van der Waals surface area contributed by atoms with Gasteiger partial charge in [-0.2, -0.15) is 0 Å². The summed E-state index contributed by atoms with van der Waals surface area (Å²) < 4.78 is 29.2. The van der Waals surface area contributed by atoms with Gasteiger partial charge in [-0.1, -0.05) is 29.8 Å². The molecule has 0 aliphatic carbocycles. The lowest BCUT2D eigenvalue weighted by Crippen LogP contribution is -2.24. The van der Waals surface area contributed by atoms with Crippen LogP contribution in [0, 0.1) is 6.92 Å². The molecule has 2 aromatic carbocycles. The number of carbonyl (C=O) groups is 2. The molecule has 6 nitrogen and oxygen atoms in total. The number of methoxy groups -OCH3 is 1. The Morgan fingerprint density at radius 2 is 1.80 bits per heavy atom. The fraction of sp³-hybridized carbons (Fsp3) is 0.176. The Labute approximate surface area is 150 Å². The van der Waals surface area contributed by atoms with E-state index in [2.05, 4.69) is 10.1 Å². The van der Waals surface area contributed by atoms with E-state index in [1.807, 2.05) is 0 Å². The quantitative estimate of drug-likeness (QED) is 0.804. The molecule has 0 saturated heterocycles. The molecule has 132 valence electrons. The first-order valence-electron chi connectivity index (χ1n) is 7.20. The molecular formula is C17H16ClNO5S. The van der Waals surface area contributed by atoms with Crippen LogP contribution >= 0.6 is 11.6 Å². The first-order valence-corrected chi connectivity index (χ1v) is 9.23. The Hall–Kier alpha value is -2.38. The SMILES string of the molecule is COC(=O)c1cc(C)c(Cl)cc1NC(=O)CS(=O)(=O)c1ccccc1. The number of amides is 1. The third-order valence-electron chi connectivity index (χ3n) is 3.40. The Kier molecular flexibility index (Phi) is 5.81. The molecule has 0 radical (unpaired) electrons. The number of rotatable bonds is 5. The number of hydrogen-bond donors (Lipinski definition) is 1. The summed E-state index contributed by atoms with van der Waals surface area (Å²) in [6.45, 7) is 1.69. The normalized spacial score (nSPS) is 11.0. The van der Waals surface area contributed by atoms with Crippen LogP contribution < -0.4 is 5.32 Å². The summed E-state index contributed by atoms with van der Waals surface area (Å²) in [7, 11) is -2.59. The molecule has 25 heavy (non-hydrogen) atoms. The van der Waals surface area contributed by atoms with Crippen molar-refractivity contribution in [2.45, 2.75) is 11.8 Å². The number of sulfone groups is 1. The number of anilines is 1. The largest absolute Gasteiger partial charge is 0.465 e. The number of aryl methyl sites for hydroxylation is 1. The molecule has 0 aliphatic rings. The summed E-state index contributed by atoms with van der Waals surface area (Å²) in [5, 5.41) is 2.74. The van der Waals surface area contributed by atoms with Crippen molar-refractivity contribution in [3.05, 3.63) is 58.6 Å². The predicted octanol–water partition coefficient (Wildman–Crippen LogP) is 2.85. The van der Waals surface area contributed by atoms with E-state index in [4.69, 9.17) is 11.6 Å². The second kappa shape index (κ2) is 7.67. The highest BCUT2D eigenvalue weighted by Gasteiger charge is 2.21. The maximum absolute atomic E-state index is 12.3. The molecule has 8 heteroatoms. The van der Waals surface area contributed by atoms with E-state index >= 15 is 0 Å². The highest BCUT2D eigenvalue weighted by molar-refractivity contribution is 7.92. The van der Waals surface area contributed by atoms with E-state index in [0.717, 1.165) is 0 Å². The lowest BCUT2D eigenvalue weighted by Gasteiger charge is -2.12. The minimum absolute atomic E-state index is 0.0419.